The summed E-state index contributed by atoms with van der Waals surface area (Å²) < 4.78 is 0. The van der Waals surface area contributed by atoms with Gasteiger partial charge in [-0.15, -0.1) is 0 Å². The Morgan fingerprint density at radius 1 is 0.236 bits per heavy atom. The summed E-state index contributed by atoms with van der Waals surface area (Å²) in [4.78, 5) is 224. The Bertz CT molecular complexity index is 2560. The first-order valence-corrected chi connectivity index (χ1v) is 16.2. The maximum atomic E-state index is 10.8. The smallest absolute Gasteiger partial charge is 0.253 e. The molecule has 0 saturated heterocycles. The summed E-state index contributed by atoms with van der Waals surface area (Å²) in [5.74, 6) is -32.7. The molecular formula is C35H5N5O30V2-10. The molecule has 5 heterocycles. The van der Waals surface area contributed by atoms with Gasteiger partial charge < -0.3 is 99.0 Å². The van der Waals surface area contributed by atoms with E-state index in [0.717, 1.165) is 0 Å². The number of allylic oxidation sites excluding steroid dienone is 5. The van der Waals surface area contributed by atoms with E-state index in [9.17, 15) is 147 Å². The van der Waals surface area contributed by atoms with Crippen LogP contribution >= 0.6 is 0 Å². The van der Waals surface area contributed by atoms with Crippen LogP contribution in [0.4, 0.5) is 0 Å². The normalized spacial score (nSPS) is 15.6. The zero-order valence-corrected chi connectivity index (χ0v) is 36.1. The molecule has 0 fully saturated rings. The fourth-order valence-electron chi connectivity index (χ4n) is 3.76. The second-order valence-electron chi connectivity index (χ2n) is 11.3. The average molecular weight is 1080 g/mol. The molecule has 370 valence electrons. The van der Waals surface area contributed by atoms with Crippen molar-refractivity contribution in [1.82, 2.24) is 0 Å². The first-order chi connectivity index (χ1) is 32.2. The van der Waals surface area contributed by atoms with E-state index in [4.69, 9.17) is 0 Å². The third-order valence-corrected chi connectivity index (χ3v) is 6.71. The number of aliphatic carboxylic acids is 10. The Balaban J connectivity index is 0. The van der Waals surface area contributed by atoms with Crippen LogP contribution in [0.3, 0.4) is 0 Å². The number of carboxylic acids is 10. The molecule has 72 heavy (non-hydrogen) atoms. The van der Waals surface area contributed by atoms with E-state index in [1.54, 1.807) is 0 Å². The van der Waals surface area contributed by atoms with E-state index in [0.29, 0.717) is 30.4 Å². The molecule has 5 aliphatic rings. The van der Waals surface area contributed by atoms with Crippen LogP contribution < -0.4 is 51.1 Å². The summed E-state index contributed by atoms with van der Waals surface area (Å²) in [6, 6.07) is 0. The van der Waals surface area contributed by atoms with Gasteiger partial charge in [0.15, 0.2) is 0 Å². The number of hydrogen-bond acceptors (Lipinski definition) is 35. The number of carbonyl (C=O) groups is 20. The van der Waals surface area contributed by atoms with Crippen LogP contribution in [0.5, 0.6) is 0 Å². The molecule has 0 aromatic rings. The molecule has 0 N–H and O–H groups in total. The van der Waals surface area contributed by atoms with Gasteiger partial charge in [-0.2, -0.15) is 0 Å². The van der Waals surface area contributed by atoms with Gasteiger partial charge in [0.25, 0.3) is 28.9 Å². The Morgan fingerprint density at radius 2 is 0.347 bits per heavy atom. The van der Waals surface area contributed by atoms with Crippen LogP contribution in [-0.4, -0.2) is 146 Å². The predicted molar refractivity (Wildman–Crippen MR) is 178 cm³/mol. The molecule has 0 unspecified atom stereocenters. The van der Waals surface area contributed by atoms with E-state index in [2.05, 4.69) is 25.0 Å². The van der Waals surface area contributed by atoms with E-state index in [-0.39, 0.29) is 37.1 Å². The molecule has 0 spiro atoms. The Labute approximate surface area is 412 Å². The van der Waals surface area contributed by atoms with Gasteiger partial charge in [0.1, 0.15) is 28.6 Å². The second-order valence-corrected chi connectivity index (χ2v) is 11.3. The van der Waals surface area contributed by atoms with Crippen molar-refractivity contribution in [2.75, 3.05) is 0 Å². The first kappa shape index (κ1) is 63.7. The quantitative estimate of drug-likeness (QED) is 0.183. The fourth-order valence-corrected chi connectivity index (χ4v) is 3.76. The van der Waals surface area contributed by atoms with Crippen molar-refractivity contribution < 1.29 is 184 Å². The minimum absolute atomic E-state index is 0. The standard InChI is InChI=1S/5C7H3NO6.2V/c5*9-3-1-2(6(11)12)8-4(5(3)10)7(13)14;;/h5*1H,(H,11,12)(H,13,14);;/p-10. The summed E-state index contributed by atoms with van der Waals surface area (Å²) >= 11 is 0. The monoisotopic (exact) mass is 1080 g/mol. The maximum Gasteiger partial charge on any atom is 0.253 e. The summed E-state index contributed by atoms with van der Waals surface area (Å²) in [5, 5.41) is 102. The number of Topliss-reactive ketones (excluding diaryl/α,β-unsaturated/α-hetero) is 5. The molecule has 0 aliphatic carbocycles. The van der Waals surface area contributed by atoms with Crippen molar-refractivity contribution in [3.63, 3.8) is 0 Å². The molecule has 2 radical (unpaired) electrons. The van der Waals surface area contributed by atoms with Gasteiger partial charge in [-0.05, 0) is 0 Å². The number of carboxylic acid groups (broad SMARTS) is 10. The number of nitrogens with zero attached hydrogens (tertiary/aromatic N) is 5. The van der Waals surface area contributed by atoms with Gasteiger partial charge in [-0.25, -0.2) is 25.0 Å². The van der Waals surface area contributed by atoms with Crippen molar-refractivity contribution in [3.8, 4) is 0 Å². The molecule has 0 saturated carbocycles. The largest absolute Gasteiger partial charge is 0.543 e. The number of rotatable bonds is 10. The molecule has 5 rings (SSSR count). The summed E-state index contributed by atoms with van der Waals surface area (Å²) in [7, 11) is 0. The van der Waals surface area contributed by atoms with E-state index >= 15 is 0 Å². The zero-order chi connectivity index (χ0) is 54.4. The van der Waals surface area contributed by atoms with Crippen molar-refractivity contribution in [1.29, 1.82) is 0 Å². The minimum atomic E-state index is -2.00. The molecule has 0 aromatic carbocycles. The summed E-state index contributed by atoms with van der Waals surface area (Å²) in [6.45, 7) is 0. The molecule has 0 aromatic heterocycles. The molecule has 0 bridgehead atoms. The van der Waals surface area contributed by atoms with Gasteiger partial charge in [0, 0.05) is 67.5 Å². The van der Waals surface area contributed by atoms with Crippen LogP contribution in [0.2, 0.25) is 0 Å². The molecule has 0 amide bonds. The first-order valence-electron chi connectivity index (χ1n) is 16.2. The fraction of sp³-hybridized carbons (Fsp3) is 0. The zero-order valence-electron chi connectivity index (χ0n) is 33.3. The van der Waals surface area contributed by atoms with Crippen molar-refractivity contribution >= 4 is 146 Å². The van der Waals surface area contributed by atoms with Gasteiger partial charge in [0.2, 0.25) is 28.9 Å². The van der Waals surface area contributed by atoms with E-state index in [1.165, 1.54) is 0 Å². The topological polar surface area (TPSA) is 634 Å². The van der Waals surface area contributed by atoms with Gasteiger partial charge in [0.05, 0.1) is 88.2 Å². The van der Waals surface area contributed by atoms with E-state index < -0.39 is 175 Å². The third-order valence-electron chi connectivity index (χ3n) is 6.71. The Kier molecular flexibility index (Phi) is 23.7. The van der Waals surface area contributed by atoms with Crippen LogP contribution in [0.1, 0.15) is 0 Å². The molecule has 35 nitrogen and oxygen atoms in total. The van der Waals surface area contributed by atoms with Gasteiger partial charge >= 0.3 is 0 Å². The Hall–Kier alpha value is -10.4. The molecule has 5 aliphatic heterocycles. The molecule has 0 atom stereocenters. The number of hydrogen-bond donors (Lipinski definition) is 0. The van der Waals surface area contributed by atoms with Crippen LogP contribution in [0.25, 0.3) is 0 Å². The third kappa shape index (κ3) is 17.0. The maximum absolute atomic E-state index is 10.8. The van der Waals surface area contributed by atoms with Crippen LogP contribution in [0.15, 0.2) is 83.8 Å². The van der Waals surface area contributed by atoms with Crippen molar-refractivity contribution in [2.45, 2.75) is 0 Å². The average Bonchev–Trinajstić information content (AvgIpc) is 3.25. The van der Waals surface area contributed by atoms with Crippen molar-refractivity contribution in [3.05, 3.63) is 58.9 Å². The van der Waals surface area contributed by atoms with Crippen LogP contribution in [0, 0.1) is 0 Å². The summed E-state index contributed by atoms with van der Waals surface area (Å²) in [5.41, 5.74) is -10.7. The molecule has 37 heteroatoms. The Morgan fingerprint density at radius 3 is 0.431 bits per heavy atom. The predicted octanol–water partition coefficient (Wildman–Crippen LogP) is -20.2. The second kappa shape index (κ2) is 26.8. The SMILES string of the molecule is O=C([O-])C1=CC(=O)C(=O)C(C(=O)[O-])=N1.O=C([O-])C1=CC(=O)C(=O)C(C(=O)[O-])=N1.O=C([O-])C1=CC(=O)C(=O)C(C(=O)[O-])=N1.O=C([O-])C1=CC(=O)C(=O)C(C(=O)[O-])=N1.O=C([O-])C1=CC(=O)C(=O)C(C(=O)[O-])=N1.[V].[V]. The van der Waals surface area contributed by atoms with Gasteiger partial charge in [-0.3, -0.25) is 47.9 Å². The van der Waals surface area contributed by atoms with E-state index in [1.807, 2.05) is 0 Å². The number of aliphatic imine (C=N–C) groups is 5. The van der Waals surface area contributed by atoms with Crippen LogP contribution in [-0.2, 0) is 133 Å². The van der Waals surface area contributed by atoms with Gasteiger partial charge in [-0.1, -0.05) is 0 Å². The number of carbonyl (C=O) groups excluding carboxylic acids is 20. The number of ketones is 10. The summed E-state index contributed by atoms with van der Waals surface area (Å²) in [6.07, 6.45) is 1.96. The molecular weight excluding hydrogens is 1070 g/mol. The minimum Gasteiger partial charge on any atom is -0.543 e. The van der Waals surface area contributed by atoms with Crippen molar-refractivity contribution in [2.24, 2.45) is 25.0 Å².